The molecule has 0 aromatic heterocycles. The van der Waals surface area contributed by atoms with Crippen LogP contribution in [0.3, 0.4) is 0 Å². The van der Waals surface area contributed by atoms with Gasteiger partial charge in [-0.05, 0) is 26.8 Å². The Morgan fingerprint density at radius 3 is 2.59 bits per heavy atom. The molecule has 1 aromatic rings. The topological polar surface area (TPSA) is 78.8 Å². The van der Waals surface area contributed by atoms with Crippen molar-refractivity contribution < 1.29 is 19.7 Å². The molecular weight excluding hydrogens is 222 g/mol. The number of aliphatic hydroxyl groups excluding tert-OH is 1. The average Bonchev–Trinajstić information content (AvgIpc) is 2.14. The Balaban J connectivity index is 2.80. The molecule has 94 valence electrons. The largest absolute Gasteiger partial charge is 0.508 e. The molecule has 0 spiro atoms. The lowest BCUT2D eigenvalue weighted by Gasteiger charge is -2.20. The standard InChI is InChI=1S/C12H17NO4/c1-12(2,3)17-11(16)13-10-6-9(15)5-4-8(10)7-14/h4-6,14-15H,7H2,1-3H3,(H,13,16). The second-order valence-corrected chi connectivity index (χ2v) is 4.63. The number of carbonyl (C=O) groups excluding carboxylic acids is 1. The van der Waals surface area contributed by atoms with Crippen molar-refractivity contribution >= 4 is 11.8 Å². The minimum atomic E-state index is -0.627. The molecule has 0 bridgehead atoms. The van der Waals surface area contributed by atoms with Crippen LogP contribution in [0.15, 0.2) is 18.2 Å². The molecule has 0 saturated heterocycles. The smallest absolute Gasteiger partial charge is 0.412 e. The zero-order valence-corrected chi connectivity index (χ0v) is 10.2. The summed E-state index contributed by atoms with van der Waals surface area (Å²) >= 11 is 0. The SMILES string of the molecule is CC(C)(C)OC(=O)Nc1cc(O)ccc1CO. The number of amides is 1. The Labute approximate surface area is 100 Å². The van der Waals surface area contributed by atoms with Gasteiger partial charge in [-0.25, -0.2) is 4.79 Å². The van der Waals surface area contributed by atoms with Crippen LogP contribution in [-0.4, -0.2) is 21.9 Å². The van der Waals surface area contributed by atoms with Crippen LogP contribution < -0.4 is 5.32 Å². The summed E-state index contributed by atoms with van der Waals surface area (Å²) in [4.78, 5) is 11.5. The van der Waals surface area contributed by atoms with E-state index in [-0.39, 0.29) is 12.4 Å². The summed E-state index contributed by atoms with van der Waals surface area (Å²) in [6, 6.07) is 4.32. The summed E-state index contributed by atoms with van der Waals surface area (Å²) in [7, 11) is 0. The van der Waals surface area contributed by atoms with E-state index in [0.29, 0.717) is 11.3 Å². The third kappa shape index (κ3) is 4.32. The lowest BCUT2D eigenvalue weighted by molar-refractivity contribution is 0.0635. The van der Waals surface area contributed by atoms with Gasteiger partial charge >= 0.3 is 6.09 Å². The Morgan fingerprint density at radius 1 is 1.41 bits per heavy atom. The Kier molecular flexibility index (Phi) is 3.96. The minimum Gasteiger partial charge on any atom is -0.508 e. The van der Waals surface area contributed by atoms with Gasteiger partial charge in [0, 0.05) is 11.6 Å². The summed E-state index contributed by atoms with van der Waals surface area (Å²) < 4.78 is 5.07. The number of hydrogen-bond donors (Lipinski definition) is 3. The number of nitrogens with one attached hydrogen (secondary N) is 1. The molecule has 0 aliphatic heterocycles. The first-order chi connectivity index (χ1) is 7.81. The number of phenolic OH excluding ortho intramolecular Hbond substituents is 1. The van der Waals surface area contributed by atoms with Gasteiger partial charge in [-0.3, -0.25) is 5.32 Å². The van der Waals surface area contributed by atoms with Gasteiger partial charge in [0.2, 0.25) is 0 Å². The zero-order valence-electron chi connectivity index (χ0n) is 10.2. The lowest BCUT2D eigenvalue weighted by Crippen LogP contribution is -2.27. The number of rotatable bonds is 2. The maximum absolute atomic E-state index is 11.5. The second-order valence-electron chi connectivity index (χ2n) is 4.63. The van der Waals surface area contributed by atoms with Crippen LogP contribution in [0.1, 0.15) is 26.3 Å². The highest BCUT2D eigenvalue weighted by Crippen LogP contribution is 2.22. The van der Waals surface area contributed by atoms with Crippen molar-refractivity contribution in [1.82, 2.24) is 0 Å². The fourth-order valence-electron chi connectivity index (χ4n) is 1.23. The Bertz CT molecular complexity index is 409. The molecule has 0 unspecified atom stereocenters. The van der Waals surface area contributed by atoms with Crippen molar-refractivity contribution in [2.75, 3.05) is 5.32 Å². The van der Waals surface area contributed by atoms with Crippen LogP contribution >= 0.6 is 0 Å². The van der Waals surface area contributed by atoms with E-state index in [9.17, 15) is 9.90 Å². The van der Waals surface area contributed by atoms with Gasteiger partial charge in [-0.15, -0.1) is 0 Å². The second kappa shape index (κ2) is 5.05. The zero-order chi connectivity index (χ0) is 13.1. The maximum Gasteiger partial charge on any atom is 0.412 e. The molecule has 0 radical (unpaired) electrons. The third-order valence-electron chi connectivity index (χ3n) is 1.90. The van der Waals surface area contributed by atoms with Crippen molar-refractivity contribution in [2.45, 2.75) is 33.0 Å². The highest BCUT2D eigenvalue weighted by Gasteiger charge is 2.17. The molecule has 5 nitrogen and oxygen atoms in total. The number of hydrogen-bond acceptors (Lipinski definition) is 4. The number of aliphatic hydroxyl groups is 1. The highest BCUT2D eigenvalue weighted by atomic mass is 16.6. The first kappa shape index (κ1) is 13.3. The third-order valence-corrected chi connectivity index (χ3v) is 1.90. The van der Waals surface area contributed by atoms with E-state index in [1.54, 1.807) is 20.8 Å². The predicted octanol–water partition coefficient (Wildman–Crippen LogP) is 2.23. The number of benzene rings is 1. The molecule has 3 N–H and O–H groups in total. The van der Waals surface area contributed by atoms with Crippen molar-refractivity contribution in [3.05, 3.63) is 23.8 Å². The molecule has 0 heterocycles. The van der Waals surface area contributed by atoms with E-state index in [0.717, 1.165) is 0 Å². The Morgan fingerprint density at radius 2 is 2.06 bits per heavy atom. The van der Waals surface area contributed by atoms with E-state index in [1.165, 1.54) is 18.2 Å². The summed E-state index contributed by atoms with van der Waals surface area (Å²) in [6.45, 7) is 5.03. The van der Waals surface area contributed by atoms with Crippen molar-refractivity contribution in [3.8, 4) is 5.75 Å². The fraction of sp³-hybridized carbons (Fsp3) is 0.417. The molecule has 0 atom stereocenters. The number of ether oxygens (including phenoxy) is 1. The number of anilines is 1. The quantitative estimate of drug-likeness (QED) is 0.739. The Hall–Kier alpha value is -1.75. The fourth-order valence-corrected chi connectivity index (χ4v) is 1.23. The van der Waals surface area contributed by atoms with Crippen LogP contribution in [0.25, 0.3) is 0 Å². The summed E-state index contributed by atoms with van der Waals surface area (Å²) in [5, 5.41) is 20.9. The first-order valence-electron chi connectivity index (χ1n) is 5.24. The summed E-state index contributed by atoms with van der Waals surface area (Å²) in [6.07, 6.45) is -0.627. The van der Waals surface area contributed by atoms with Crippen LogP contribution in [0.5, 0.6) is 5.75 Å². The minimum absolute atomic E-state index is 0.00765. The number of phenols is 1. The molecule has 5 heteroatoms. The van der Waals surface area contributed by atoms with Crippen molar-refractivity contribution in [2.24, 2.45) is 0 Å². The predicted molar refractivity (Wildman–Crippen MR) is 63.9 cm³/mol. The van der Waals surface area contributed by atoms with E-state index >= 15 is 0 Å². The molecule has 17 heavy (non-hydrogen) atoms. The van der Waals surface area contributed by atoms with Gasteiger partial charge in [0.05, 0.1) is 12.3 Å². The van der Waals surface area contributed by atoms with Gasteiger partial charge < -0.3 is 14.9 Å². The van der Waals surface area contributed by atoms with Gasteiger partial charge in [-0.2, -0.15) is 0 Å². The van der Waals surface area contributed by atoms with E-state index < -0.39 is 11.7 Å². The van der Waals surface area contributed by atoms with E-state index in [1.807, 2.05) is 0 Å². The van der Waals surface area contributed by atoms with E-state index in [4.69, 9.17) is 9.84 Å². The average molecular weight is 239 g/mol. The van der Waals surface area contributed by atoms with Crippen LogP contribution in [-0.2, 0) is 11.3 Å². The van der Waals surface area contributed by atoms with Crippen molar-refractivity contribution in [1.29, 1.82) is 0 Å². The van der Waals surface area contributed by atoms with Crippen LogP contribution in [0, 0.1) is 0 Å². The molecule has 0 aliphatic rings. The summed E-state index contributed by atoms with van der Waals surface area (Å²) in [5.41, 5.74) is 0.246. The van der Waals surface area contributed by atoms with Gasteiger partial charge in [-0.1, -0.05) is 6.07 Å². The monoisotopic (exact) mass is 239 g/mol. The highest BCUT2D eigenvalue weighted by molar-refractivity contribution is 5.86. The molecule has 0 saturated carbocycles. The van der Waals surface area contributed by atoms with Crippen molar-refractivity contribution in [3.63, 3.8) is 0 Å². The number of aromatic hydroxyl groups is 1. The van der Waals surface area contributed by atoms with E-state index in [2.05, 4.69) is 5.32 Å². The first-order valence-corrected chi connectivity index (χ1v) is 5.24. The van der Waals surface area contributed by atoms with Gasteiger partial charge in [0.15, 0.2) is 0 Å². The molecule has 0 aliphatic carbocycles. The lowest BCUT2D eigenvalue weighted by atomic mass is 10.2. The molecule has 1 amide bonds. The molecular formula is C12H17NO4. The molecule has 1 rings (SSSR count). The van der Waals surface area contributed by atoms with Gasteiger partial charge in [0.25, 0.3) is 0 Å². The normalized spacial score (nSPS) is 11.1. The summed E-state index contributed by atoms with van der Waals surface area (Å²) in [5.74, 6) is 0.00765. The molecule has 0 fully saturated rings. The van der Waals surface area contributed by atoms with Gasteiger partial charge in [0.1, 0.15) is 11.4 Å². The maximum atomic E-state index is 11.5. The number of carbonyl (C=O) groups is 1. The van der Waals surface area contributed by atoms with Crippen LogP contribution in [0.2, 0.25) is 0 Å². The molecule has 1 aromatic carbocycles. The van der Waals surface area contributed by atoms with Crippen LogP contribution in [0.4, 0.5) is 10.5 Å².